The minimum atomic E-state index is 0.665. The minimum Gasteiger partial charge on any atom is -0.300 e. The minimum absolute atomic E-state index is 0.665. The molecule has 0 unspecified atom stereocenters. The standard InChI is InChI=1S/C18H23N3S/c1-2-4-16(3-1)21-11-7-15(8-12-21)18-20-17(13-22-18)14-5-9-19-10-6-14/h5-6,9-10,13,15-16H,1-4,7-8,11-12H2. The Kier molecular flexibility index (Phi) is 4.22. The molecule has 4 rings (SSSR count). The average Bonchev–Trinajstić information content (AvgIpc) is 3.28. The fourth-order valence-electron chi connectivity index (χ4n) is 3.91. The van der Waals surface area contributed by atoms with Gasteiger partial charge in [0.15, 0.2) is 0 Å². The van der Waals surface area contributed by atoms with Crippen LogP contribution >= 0.6 is 11.3 Å². The first-order valence-electron chi connectivity index (χ1n) is 8.50. The number of hydrogen-bond acceptors (Lipinski definition) is 4. The molecule has 2 aromatic heterocycles. The van der Waals surface area contributed by atoms with E-state index in [1.54, 1.807) is 0 Å². The van der Waals surface area contributed by atoms with E-state index >= 15 is 0 Å². The first kappa shape index (κ1) is 14.3. The van der Waals surface area contributed by atoms with E-state index in [1.165, 1.54) is 62.2 Å². The molecule has 0 atom stereocenters. The molecule has 22 heavy (non-hydrogen) atoms. The van der Waals surface area contributed by atoms with Crippen molar-refractivity contribution in [2.24, 2.45) is 0 Å². The van der Waals surface area contributed by atoms with Crippen LogP contribution in [0, 0.1) is 0 Å². The highest BCUT2D eigenvalue weighted by Gasteiger charge is 2.28. The van der Waals surface area contributed by atoms with Crippen molar-refractivity contribution in [3.05, 3.63) is 34.9 Å². The highest BCUT2D eigenvalue weighted by atomic mass is 32.1. The molecule has 1 saturated carbocycles. The van der Waals surface area contributed by atoms with Crippen LogP contribution in [0.2, 0.25) is 0 Å². The molecule has 3 heterocycles. The van der Waals surface area contributed by atoms with Gasteiger partial charge in [0.25, 0.3) is 0 Å². The lowest BCUT2D eigenvalue weighted by Gasteiger charge is -2.35. The molecule has 4 heteroatoms. The zero-order valence-corrected chi connectivity index (χ0v) is 13.8. The Morgan fingerprint density at radius 1 is 1.00 bits per heavy atom. The fourth-order valence-corrected chi connectivity index (χ4v) is 4.91. The number of likely N-dealkylation sites (tertiary alicyclic amines) is 1. The smallest absolute Gasteiger partial charge is 0.0964 e. The predicted molar refractivity (Wildman–Crippen MR) is 91.1 cm³/mol. The number of thiazole rings is 1. The van der Waals surface area contributed by atoms with Crippen molar-refractivity contribution in [2.75, 3.05) is 13.1 Å². The number of nitrogens with zero attached hydrogens (tertiary/aromatic N) is 3. The maximum Gasteiger partial charge on any atom is 0.0964 e. The average molecular weight is 313 g/mol. The number of rotatable bonds is 3. The molecule has 0 amide bonds. The van der Waals surface area contributed by atoms with E-state index in [4.69, 9.17) is 4.98 Å². The number of pyridine rings is 1. The van der Waals surface area contributed by atoms with Crippen LogP contribution in [0.25, 0.3) is 11.3 Å². The molecule has 2 fully saturated rings. The van der Waals surface area contributed by atoms with Gasteiger partial charge >= 0.3 is 0 Å². The Labute approximate surface area is 136 Å². The van der Waals surface area contributed by atoms with Gasteiger partial charge in [-0.3, -0.25) is 4.98 Å². The summed E-state index contributed by atoms with van der Waals surface area (Å²) in [6.07, 6.45) is 12.0. The summed E-state index contributed by atoms with van der Waals surface area (Å²) in [7, 11) is 0. The Balaban J connectivity index is 1.40. The van der Waals surface area contributed by atoms with Gasteiger partial charge in [0.2, 0.25) is 0 Å². The second-order valence-corrected chi connectivity index (χ2v) is 7.45. The molecule has 3 nitrogen and oxygen atoms in total. The Morgan fingerprint density at radius 2 is 1.73 bits per heavy atom. The molecule has 2 aromatic rings. The summed E-state index contributed by atoms with van der Waals surface area (Å²) >= 11 is 1.83. The van der Waals surface area contributed by atoms with Gasteiger partial charge in [0.05, 0.1) is 10.7 Å². The van der Waals surface area contributed by atoms with E-state index in [1.807, 2.05) is 35.9 Å². The number of hydrogen-bond donors (Lipinski definition) is 0. The van der Waals surface area contributed by atoms with E-state index < -0.39 is 0 Å². The van der Waals surface area contributed by atoms with Gasteiger partial charge in [-0.15, -0.1) is 11.3 Å². The normalized spacial score (nSPS) is 21.5. The maximum absolute atomic E-state index is 4.90. The summed E-state index contributed by atoms with van der Waals surface area (Å²) < 4.78 is 0. The van der Waals surface area contributed by atoms with Crippen molar-refractivity contribution in [3.8, 4) is 11.3 Å². The molecule has 1 aliphatic heterocycles. The number of piperidine rings is 1. The van der Waals surface area contributed by atoms with Crippen molar-refractivity contribution in [1.29, 1.82) is 0 Å². The zero-order chi connectivity index (χ0) is 14.8. The molecule has 0 aromatic carbocycles. The molecule has 0 spiro atoms. The molecular weight excluding hydrogens is 290 g/mol. The molecule has 0 radical (unpaired) electrons. The number of aromatic nitrogens is 2. The summed E-state index contributed by atoms with van der Waals surface area (Å²) in [5.74, 6) is 0.665. The van der Waals surface area contributed by atoms with Crippen LogP contribution < -0.4 is 0 Å². The van der Waals surface area contributed by atoms with E-state index in [2.05, 4.69) is 15.3 Å². The van der Waals surface area contributed by atoms with E-state index in [-0.39, 0.29) is 0 Å². The van der Waals surface area contributed by atoms with E-state index in [9.17, 15) is 0 Å². The molecule has 0 bridgehead atoms. The van der Waals surface area contributed by atoms with Crippen LogP contribution in [-0.2, 0) is 0 Å². The predicted octanol–water partition coefficient (Wildman–Crippen LogP) is 4.33. The topological polar surface area (TPSA) is 29.0 Å². The Morgan fingerprint density at radius 3 is 2.45 bits per heavy atom. The van der Waals surface area contributed by atoms with Crippen molar-refractivity contribution in [2.45, 2.75) is 50.5 Å². The van der Waals surface area contributed by atoms with Crippen LogP contribution in [0.15, 0.2) is 29.9 Å². The van der Waals surface area contributed by atoms with Crippen LogP contribution in [-0.4, -0.2) is 34.0 Å². The van der Waals surface area contributed by atoms with Gasteiger partial charge in [-0.2, -0.15) is 0 Å². The van der Waals surface area contributed by atoms with Crippen LogP contribution in [0.5, 0.6) is 0 Å². The third kappa shape index (κ3) is 2.95. The molecule has 1 aliphatic carbocycles. The summed E-state index contributed by atoms with van der Waals surface area (Å²) in [5, 5.41) is 3.53. The first-order chi connectivity index (χ1) is 10.9. The van der Waals surface area contributed by atoms with Gasteiger partial charge in [-0.1, -0.05) is 12.8 Å². The van der Waals surface area contributed by atoms with Gasteiger partial charge in [-0.25, -0.2) is 4.98 Å². The second kappa shape index (κ2) is 6.47. The molecule has 116 valence electrons. The summed E-state index contributed by atoms with van der Waals surface area (Å²) in [5.41, 5.74) is 2.29. The molecular formula is C18H23N3S. The van der Waals surface area contributed by atoms with E-state index in [0.29, 0.717) is 5.92 Å². The van der Waals surface area contributed by atoms with Crippen LogP contribution in [0.1, 0.15) is 49.5 Å². The Hall–Kier alpha value is -1.26. The second-order valence-electron chi connectivity index (χ2n) is 6.56. The van der Waals surface area contributed by atoms with Crippen LogP contribution in [0.4, 0.5) is 0 Å². The van der Waals surface area contributed by atoms with Gasteiger partial charge in [-0.05, 0) is 50.9 Å². The third-order valence-corrected chi connectivity index (χ3v) is 6.23. The fraction of sp³-hybridized carbons (Fsp3) is 0.556. The van der Waals surface area contributed by atoms with Crippen molar-refractivity contribution in [1.82, 2.24) is 14.9 Å². The maximum atomic E-state index is 4.90. The lowest BCUT2D eigenvalue weighted by molar-refractivity contribution is 0.154. The van der Waals surface area contributed by atoms with Crippen molar-refractivity contribution < 1.29 is 0 Å². The van der Waals surface area contributed by atoms with Crippen molar-refractivity contribution in [3.63, 3.8) is 0 Å². The molecule has 1 saturated heterocycles. The van der Waals surface area contributed by atoms with Crippen LogP contribution in [0.3, 0.4) is 0 Å². The lowest BCUT2D eigenvalue weighted by Crippen LogP contribution is -2.39. The Bertz CT molecular complexity index is 596. The third-order valence-electron chi connectivity index (χ3n) is 5.22. The SMILES string of the molecule is c1cc(-c2csc(C3CCN(C4CCCC4)CC3)n2)ccn1. The van der Waals surface area contributed by atoms with Crippen molar-refractivity contribution >= 4 is 11.3 Å². The molecule has 2 aliphatic rings. The lowest BCUT2D eigenvalue weighted by atomic mass is 9.96. The summed E-state index contributed by atoms with van der Waals surface area (Å²) in [6, 6.07) is 4.97. The largest absolute Gasteiger partial charge is 0.300 e. The molecule has 0 N–H and O–H groups in total. The highest BCUT2D eigenvalue weighted by Crippen LogP contribution is 2.35. The van der Waals surface area contributed by atoms with Gasteiger partial charge in [0, 0.05) is 35.3 Å². The zero-order valence-electron chi connectivity index (χ0n) is 12.9. The van der Waals surface area contributed by atoms with E-state index in [0.717, 1.165) is 11.7 Å². The summed E-state index contributed by atoms with van der Waals surface area (Å²) in [6.45, 7) is 2.53. The highest BCUT2D eigenvalue weighted by molar-refractivity contribution is 7.10. The summed E-state index contributed by atoms with van der Waals surface area (Å²) in [4.78, 5) is 11.7. The first-order valence-corrected chi connectivity index (χ1v) is 9.38. The van der Waals surface area contributed by atoms with Gasteiger partial charge < -0.3 is 4.90 Å². The monoisotopic (exact) mass is 313 g/mol. The van der Waals surface area contributed by atoms with Gasteiger partial charge in [0.1, 0.15) is 0 Å². The quantitative estimate of drug-likeness (QED) is 0.844.